The number of hydrogen-bond donors (Lipinski definition) is 3. The number of aryl methyl sites for hydroxylation is 2. The number of aromatic nitrogens is 1. The Morgan fingerprint density at radius 1 is 1.15 bits per heavy atom. The van der Waals surface area contributed by atoms with Crippen LogP contribution in [-0.2, 0) is 4.79 Å². The number of carbonyl (C=O) groups excluding carboxylic acids is 2. The quantitative estimate of drug-likeness (QED) is 0.297. The van der Waals surface area contributed by atoms with Gasteiger partial charge in [0.1, 0.15) is 0 Å². The SMILES string of the molecule is Cc1cccc(C(C)NC(=O)c2ccc3c(c2)C(=Cc2[nH]c(C)c([N+](=O)[O-])c2C)C(=O)N3)c1. The predicted molar refractivity (Wildman–Crippen MR) is 127 cm³/mol. The molecule has 0 saturated carbocycles. The zero-order valence-corrected chi connectivity index (χ0v) is 18.8. The van der Waals surface area contributed by atoms with Crippen LogP contribution in [0, 0.1) is 30.9 Å². The van der Waals surface area contributed by atoms with Crippen LogP contribution in [0.1, 0.15) is 57.0 Å². The van der Waals surface area contributed by atoms with E-state index in [-0.39, 0.29) is 23.5 Å². The number of anilines is 1. The van der Waals surface area contributed by atoms with E-state index in [9.17, 15) is 19.7 Å². The minimum Gasteiger partial charge on any atom is -0.353 e. The second-order valence-corrected chi connectivity index (χ2v) is 8.28. The van der Waals surface area contributed by atoms with E-state index in [4.69, 9.17) is 0 Å². The van der Waals surface area contributed by atoms with Crippen molar-refractivity contribution in [3.63, 3.8) is 0 Å². The molecule has 3 aromatic rings. The molecule has 33 heavy (non-hydrogen) atoms. The maximum atomic E-state index is 12.9. The number of hydrogen-bond acceptors (Lipinski definition) is 4. The molecule has 8 heteroatoms. The lowest BCUT2D eigenvalue weighted by Gasteiger charge is -2.15. The van der Waals surface area contributed by atoms with Gasteiger partial charge in [0.05, 0.1) is 27.8 Å². The first-order valence-electron chi connectivity index (χ1n) is 10.5. The van der Waals surface area contributed by atoms with Gasteiger partial charge in [0, 0.05) is 22.5 Å². The normalized spacial score (nSPS) is 14.7. The number of carbonyl (C=O) groups is 2. The Balaban J connectivity index is 1.65. The van der Waals surface area contributed by atoms with Gasteiger partial charge in [0.25, 0.3) is 17.5 Å². The molecule has 8 nitrogen and oxygen atoms in total. The molecule has 1 aliphatic rings. The van der Waals surface area contributed by atoms with Gasteiger partial charge in [0.15, 0.2) is 0 Å². The molecule has 3 N–H and O–H groups in total. The molecule has 0 spiro atoms. The number of benzene rings is 2. The topological polar surface area (TPSA) is 117 Å². The van der Waals surface area contributed by atoms with Crippen LogP contribution in [0.5, 0.6) is 0 Å². The molecular formula is C25H24N4O4. The summed E-state index contributed by atoms with van der Waals surface area (Å²) >= 11 is 0. The van der Waals surface area contributed by atoms with E-state index in [1.165, 1.54) is 0 Å². The summed E-state index contributed by atoms with van der Waals surface area (Å²) < 4.78 is 0. The molecule has 1 atom stereocenters. The van der Waals surface area contributed by atoms with Crippen molar-refractivity contribution in [3.05, 3.63) is 91.8 Å². The van der Waals surface area contributed by atoms with Crippen molar-refractivity contribution in [1.29, 1.82) is 0 Å². The van der Waals surface area contributed by atoms with Crippen LogP contribution < -0.4 is 10.6 Å². The van der Waals surface area contributed by atoms with E-state index in [0.717, 1.165) is 11.1 Å². The maximum absolute atomic E-state index is 12.9. The van der Waals surface area contributed by atoms with Gasteiger partial charge in [-0.2, -0.15) is 0 Å². The van der Waals surface area contributed by atoms with Crippen LogP contribution in [0.25, 0.3) is 11.6 Å². The Labute approximate surface area is 190 Å². The number of aromatic amines is 1. The highest BCUT2D eigenvalue weighted by Crippen LogP contribution is 2.36. The smallest absolute Gasteiger partial charge is 0.293 e. The number of nitrogens with one attached hydrogen (secondary N) is 3. The molecule has 0 fully saturated rings. The summed E-state index contributed by atoms with van der Waals surface area (Å²) in [6.45, 7) is 7.17. The molecule has 1 unspecified atom stereocenters. The molecule has 2 aromatic carbocycles. The van der Waals surface area contributed by atoms with Crippen LogP contribution in [0.15, 0.2) is 42.5 Å². The summed E-state index contributed by atoms with van der Waals surface area (Å²) in [6.07, 6.45) is 1.59. The Morgan fingerprint density at radius 3 is 2.58 bits per heavy atom. The molecular weight excluding hydrogens is 420 g/mol. The Kier molecular flexibility index (Phi) is 5.59. The van der Waals surface area contributed by atoms with Crippen molar-refractivity contribution >= 4 is 34.8 Å². The zero-order chi connectivity index (χ0) is 23.9. The van der Waals surface area contributed by atoms with Gasteiger partial charge in [0.2, 0.25) is 0 Å². The molecule has 0 saturated heterocycles. The first-order valence-corrected chi connectivity index (χ1v) is 10.5. The Bertz CT molecular complexity index is 1340. The minimum atomic E-state index is -0.441. The summed E-state index contributed by atoms with van der Waals surface area (Å²) in [7, 11) is 0. The standard InChI is InChI=1S/C25H24N4O4/c1-13-6-5-7-17(10-13)15(3)27-24(30)18-8-9-21-19(11-18)20(25(31)28-21)12-22-14(2)23(29(32)33)16(4)26-22/h5-12,15,26H,1-4H3,(H,27,30)(H,28,31). The van der Waals surface area contributed by atoms with Crippen LogP contribution in [0.3, 0.4) is 0 Å². The lowest BCUT2D eigenvalue weighted by molar-refractivity contribution is -0.385. The molecule has 2 amide bonds. The molecule has 168 valence electrons. The van der Waals surface area contributed by atoms with Crippen LogP contribution >= 0.6 is 0 Å². The number of H-pyrrole nitrogens is 1. The first kappa shape index (κ1) is 22.0. The first-order chi connectivity index (χ1) is 15.7. The third-order valence-corrected chi connectivity index (χ3v) is 5.86. The average Bonchev–Trinajstić information content (AvgIpc) is 3.22. The fourth-order valence-corrected chi connectivity index (χ4v) is 4.10. The van der Waals surface area contributed by atoms with Crippen LogP contribution in [0.4, 0.5) is 11.4 Å². The van der Waals surface area contributed by atoms with Gasteiger partial charge in [-0.3, -0.25) is 19.7 Å². The van der Waals surface area contributed by atoms with Crippen molar-refractivity contribution in [1.82, 2.24) is 10.3 Å². The molecule has 0 radical (unpaired) electrons. The van der Waals surface area contributed by atoms with E-state index in [1.54, 1.807) is 38.1 Å². The maximum Gasteiger partial charge on any atom is 0.293 e. The van der Waals surface area contributed by atoms with Crippen LogP contribution in [-0.4, -0.2) is 21.7 Å². The Morgan fingerprint density at radius 2 is 1.91 bits per heavy atom. The molecule has 0 aliphatic carbocycles. The van der Waals surface area contributed by atoms with Crippen LogP contribution in [0.2, 0.25) is 0 Å². The summed E-state index contributed by atoms with van der Waals surface area (Å²) in [5.74, 6) is -0.585. The third-order valence-electron chi connectivity index (χ3n) is 5.86. The highest BCUT2D eigenvalue weighted by atomic mass is 16.6. The van der Waals surface area contributed by atoms with E-state index < -0.39 is 4.92 Å². The summed E-state index contributed by atoms with van der Waals surface area (Å²) in [6, 6.07) is 12.8. The second-order valence-electron chi connectivity index (χ2n) is 8.28. The predicted octanol–water partition coefficient (Wildman–Crippen LogP) is 4.83. The largest absolute Gasteiger partial charge is 0.353 e. The van der Waals surface area contributed by atoms with Gasteiger partial charge < -0.3 is 15.6 Å². The van der Waals surface area contributed by atoms with E-state index in [1.807, 2.05) is 38.1 Å². The number of nitrogens with zero attached hydrogens (tertiary/aromatic N) is 1. The fraction of sp³-hybridized carbons (Fsp3) is 0.200. The van der Waals surface area contributed by atoms with Crippen molar-refractivity contribution in [2.45, 2.75) is 33.7 Å². The van der Waals surface area contributed by atoms with Crippen molar-refractivity contribution in [2.24, 2.45) is 0 Å². The van der Waals surface area contributed by atoms with Crippen molar-refractivity contribution < 1.29 is 14.5 Å². The molecule has 4 rings (SSSR count). The average molecular weight is 444 g/mol. The van der Waals surface area contributed by atoms with Gasteiger partial charge in [-0.05, 0) is 57.5 Å². The minimum absolute atomic E-state index is 0.00116. The molecule has 2 heterocycles. The molecule has 0 bridgehead atoms. The monoisotopic (exact) mass is 444 g/mol. The van der Waals surface area contributed by atoms with E-state index in [0.29, 0.717) is 39.3 Å². The number of amides is 2. The van der Waals surface area contributed by atoms with Gasteiger partial charge >= 0.3 is 0 Å². The lowest BCUT2D eigenvalue weighted by Crippen LogP contribution is -2.26. The summed E-state index contributed by atoms with van der Waals surface area (Å²) in [4.78, 5) is 39.4. The Hall–Kier alpha value is -4.20. The van der Waals surface area contributed by atoms with Gasteiger partial charge in [-0.25, -0.2) is 0 Å². The highest BCUT2D eigenvalue weighted by molar-refractivity contribution is 6.35. The van der Waals surface area contributed by atoms with Crippen molar-refractivity contribution in [3.8, 4) is 0 Å². The van der Waals surface area contributed by atoms with Gasteiger partial charge in [-0.15, -0.1) is 0 Å². The number of rotatable bonds is 5. The van der Waals surface area contributed by atoms with E-state index >= 15 is 0 Å². The van der Waals surface area contributed by atoms with Crippen molar-refractivity contribution in [2.75, 3.05) is 5.32 Å². The third kappa shape index (κ3) is 4.15. The van der Waals surface area contributed by atoms with E-state index in [2.05, 4.69) is 15.6 Å². The number of nitro groups is 1. The molecule has 1 aromatic heterocycles. The van der Waals surface area contributed by atoms with Gasteiger partial charge in [-0.1, -0.05) is 29.8 Å². The number of fused-ring (bicyclic) bond motifs is 1. The molecule has 1 aliphatic heterocycles. The highest BCUT2D eigenvalue weighted by Gasteiger charge is 2.27. The lowest BCUT2D eigenvalue weighted by atomic mass is 10.0. The summed E-state index contributed by atoms with van der Waals surface area (Å²) in [5.41, 5.74) is 5.38. The summed E-state index contributed by atoms with van der Waals surface area (Å²) in [5, 5.41) is 17.1. The second kappa shape index (κ2) is 8.38. The fourth-order valence-electron chi connectivity index (χ4n) is 4.10. The zero-order valence-electron chi connectivity index (χ0n) is 18.8.